The second-order valence-corrected chi connectivity index (χ2v) is 7.66. The van der Waals surface area contributed by atoms with Crippen LogP contribution in [0.15, 0.2) is 18.2 Å². The Morgan fingerprint density at radius 1 is 0.750 bits per heavy atom. The maximum absolute atomic E-state index is 10.3. The van der Waals surface area contributed by atoms with Gasteiger partial charge in [-0.1, -0.05) is 0 Å². The molecule has 0 saturated carbocycles. The van der Waals surface area contributed by atoms with Gasteiger partial charge in [0.05, 0.1) is 26.9 Å². The van der Waals surface area contributed by atoms with Crippen LogP contribution in [0.4, 0.5) is 0 Å². The van der Waals surface area contributed by atoms with E-state index in [-0.39, 0.29) is 12.4 Å². The quantitative estimate of drug-likeness (QED) is 0.257. The average molecular weight is 462 g/mol. The molecule has 2 saturated heterocycles. The summed E-state index contributed by atoms with van der Waals surface area (Å²) < 4.78 is 32.3. The number of aliphatic hydroxyl groups is 6. The third-order valence-corrected chi connectivity index (χ3v) is 5.51. The first-order valence-corrected chi connectivity index (χ1v) is 10.1. The van der Waals surface area contributed by atoms with Crippen LogP contribution in [0.2, 0.25) is 0 Å². The molecule has 12 nitrogen and oxygen atoms in total. The van der Waals surface area contributed by atoms with Crippen molar-refractivity contribution in [1.82, 2.24) is 0 Å². The lowest BCUT2D eigenvalue weighted by Crippen LogP contribution is -2.61. The molecule has 2 heterocycles. The highest BCUT2D eigenvalue weighted by Crippen LogP contribution is 2.33. The van der Waals surface area contributed by atoms with Crippen LogP contribution in [-0.4, -0.2) is 113 Å². The summed E-state index contributed by atoms with van der Waals surface area (Å²) in [6.45, 7) is 1.11. The lowest BCUT2D eigenvalue weighted by atomic mass is 9.98. The number of ether oxygens (including phenoxy) is 6. The van der Waals surface area contributed by atoms with E-state index in [1.54, 1.807) is 12.1 Å². The number of hydrogen-bond acceptors (Lipinski definition) is 12. The third-order valence-electron chi connectivity index (χ3n) is 5.51. The summed E-state index contributed by atoms with van der Waals surface area (Å²) >= 11 is 0. The van der Waals surface area contributed by atoms with Gasteiger partial charge in [-0.15, -0.1) is 0 Å². The molecule has 0 amide bonds. The Morgan fingerprint density at radius 3 is 2.03 bits per heavy atom. The van der Waals surface area contributed by atoms with Crippen molar-refractivity contribution < 1.29 is 59.1 Å². The van der Waals surface area contributed by atoms with Gasteiger partial charge in [0.1, 0.15) is 48.5 Å². The maximum Gasteiger partial charge on any atom is 0.229 e. The second-order valence-electron chi connectivity index (χ2n) is 7.66. The van der Waals surface area contributed by atoms with E-state index in [9.17, 15) is 30.6 Å². The molecule has 2 aliphatic heterocycles. The molecule has 1 aromatic carbocycles. The van der Waals surface area contributed by atoms with E-state index in [4.69, 9.17) is 28.4 Å². The Morgan fingerprint density at radius 2 is 1.38 bits per heavy atom. The molecule has 0 radical (unpaired) electrons. The standard InChI is InChI=1S/C20H30O12/c1-8-13(21)15(23)17(25)19(30-8)29-7-12-14(22)16(24)18(26)20(32-12)31-9-4-5-10(27-2)11(6-9)28-3/h4-6,8,12-26H,7H2,1-3H3/t8-,12+,13+,14-,15-,16+,17-,18+,19-,20-/m1/s1. The molecule has 6 N–H and O–H groups in total. The van der Waals surface area contributed by atoms with Gasteiger partial charge in [-0.2, -0.15) is 0 Å². The highest BCUT2D eigenvalue weighted by atomic mass is 16.7. The minimum atomic E-state index is -1.62. The van der Waals surface area contributed by atoms with Gasteiger partial charge in [-0.05, 0) is 19.1 Å². The van der Waals surface area contributed by atoms with Crippen LogP contribution in [0.3, 0.4) is 0 Å². The molecule has 0 bridgehead atoms. The number of aliphatic hydroxyl groups excluding tert-OH is 6. The van der Waals surface area contributed by atoms with Crippen molar-refractivity contribution >= 4 is 0 Å². The number of benzene rings is 1. The Labute approximate surface area is 184 Å². The van der Waals surface area contributed by atoms with Crippen molar-refractivity contribution in [2.24, 2.45) is 0 Å². The van der Waals surface area contributed by atoms with Gasteiger partial charge < -0.3 is 59.1 Å². The van der Waals surface area contributed by atoms with E-state index in [0.29, 0.717) is 11.5 Å². The van der Waals surface area contributed by atoms with Gasteiger partial charge in [0.15, 0.2) is 17.8 Å². The molecule has 182 valence electrons. The fourth-order valence-electron chi connectivity index (χ4n) is 3.52. The van der Waals surface area contributed by atoms with Crippen molar-refractivity contribution in [1.29, 1.82) is 0 Å². The predicted octanol–water partition coefficient (Wildman–Crippen LogP) is -2.27. The highest BCUT2D eigenvalue weighted by Gasteiger charge is 2.47. The van der Waals surface area contributed by atoms with Crippen LogP contribution in [0, 0.1) is 0 Å². The molecule has 2 aliphatic rings. The van der Waals surface area contributed by atoms with Crippen LogP contribution < -0.4 is 14.2 Å². The molecule has 3 rings (SSSR count). The van der Waals surface area contributed by atoms with E-state index in [1.165, 1.54) is 27.2 Å². The maximum atomic E-state index is 10.3. The molecular weight excluding hydrogens is 432 g/mol. The van der Waals surface area contributed by atoms with Gasteiger partial charge in [0.2, 0.25) is 6.29 Å². The molecule has 1 aromatic rings. The Balaban J connectivity index is 1.66. The van der Waals surface area contributed by atoms with Gasteiger partial charge in [0, 0.05) is 6.07 Å². The van der Waals surface area contributed by atoms with E-state index in [2.05, 4.69) is 0 Å². The SMILES string of the molecule is COc1ccc(O[C@@H]2O[C@@H](CO[C@@H]3O[C@H](C)[C@H](O)[C@@H](O)[C@H]3O)[C@@H](O)[C@H](O)[C@@H]2O)cc1OC. The first-order valence-electron chi connectivity index (χ1n) is 10.1. The molecule has 0 spiro atoms. The topological polar surface area (TPSA) is 177 Å². The average Bonchev–Trinajstić information content (AvgIpc) is 2.79. The number of rotatable bonds is 7. The summed E-state index contributed by atoms with van der Waals surface area (Å²) in [5.74, 6) is 1.07. The van der Waals surface area contributed by atoms with Crippen LogP contribution >= 0.6 is 0 Å². The van der Waals surface area contributed by atoms with Gasteiger partial charge in [-0.25, -0.2) is 0 Å². The van der Waals surface area contributed by atoms with E-state index < -0.39 is 61.4 Å². The monoisotopic (exact) mass is 462 g/mol. The van der Waals surface area contributed by atoms with Crippen molar-refractivity contribution in [2.45, 2.75) is 68.3 Å². The van der Waals surface area contributed by atoms with Crippen molar-refractivity contribution in [3.8, 4) is 17.2 Å². The van der Waals surface area contributed by atoms with Crippen LogP contribution in [0.1, 0.15) is 6.92 Å². The molecule has 0 aromatic heterocycles. The fourth-order valence-corrected chi connectivity index (χ4v) is 3.52. The summed E-state index contributed by atoms with van der Waals surface area (Å²) in [6, 6.07) is 4.62. The largest absolute Gasteiger partial charge is 0.493 e. The molecule has 0 unspecified atom stereocenters. The first kappa shape index (κ1) is 24.9. The first-order chi connectivity index (χ1) is 15.2. The minimum Gasteiger partial charge on any atom is -0.493 e. The van der Waals surface area contributed by atoms with Crippen LogP contribution in [0.5, 0.6) is 17.2 Å². The Bertz CT molecular complexity index is 747. The lowest BCUT2D eigenvalue weighted by molar-refractivity contribution is -0.318. The smallest absolute Gasteiger partial charge is 0.229 e. The summed E-state index contributed by atoms with van der Waals surface area (Å²) in [4.78, 5) is 0. The zero-order valence-electron chi connectivity index (χ0n) is 17.8. The van der Waals surface area contributed by atoms with E-state index in [0.717, 1.165) is 0 Å². The normalized spacial score (nSPS) is 40.0. The summed E-state index contributed by atoms with van der Waals surface area (Å²) in [6.07, 6.45) is -13.7. The zero-order chi connectivity index (χ0) is 23.6. The Hall–Kier alpha value is -1.74. The molecule has 32 heavy (non-hydrogen) atoms. The zero-order valence-corrected chi connectivity index (χ0v) is 17.8. The van der Waals surface area contributed by atoms with Crippen molar-refractivity contribution in [3.05, 3.63) is 18.2 Å². The van der Waals surface area contributed by atoms with Crippen LogP contribution in [0.25, 0.3) is 0 Å². The highest BCUT2D eigenvalue weighted by molar-refractivity contribution is 5.45. The predicted molar refractivity (Wildman–Crippen MR) is 105 cm³/mol. The molecular formula is C20H30O12. The van der Waals surface area contributed by atoms with E-state index in [1.807, 2.05) is 0 Å². The molecule has 10 atom stereocenters. The van der Waals surface area contributed by atoms with Crippen molar-refractivity contribution in [2.75, 3.05) is 20.8 Å². The van der Waals surface area contributed by atoms with Crippen molar-refractivity contribution in [3.63, 3.8) is 0 Å². The molecule has 0 aliphatic carbocycles. The minimum absolute atomic E-state index is 0.243. The second kappa shape index (κ2) is 10.5. The van der Waals surface area contributed by atoms with Crippen LogP contribution in [-0.2, 0) is 14.2 Å². The lowest BCUT2D eigenvalue weighted by Gasteiger charge is -2.42. The summed E-state index contributed by atoms with van der Waals surface area (Å²) in [5.41, 5.74) is 0. The summed E-state index contributed by atoms with van der Waals surface area (Å²) in [5, 5.41) is 60.5. The number of hydrogen-bond donors (Lipinski definition) is 6. The molecule has 2 fully saturated rings. The van der Waals surface area contributed by atoms with Gasteiger partial charge >= 0.3 is 0 Å². The fraction of sp³-hybridized carbons (Fsp3) is 0.700. The van der Waals surface area contributed by atoms with Gasteiger partial charge in [-0.3, -0.25) is 0 Å². The van der Waals surface area contributed by atoms with E-state index >= 15 is 0 Å². The third kappa shape index (κ3) is 5.09. The molecule has 12 heteroatoms. The summed E-state index contributed by atoms with van der Waals surface area (Å²) in [7, 11) is 2.92. The number of methoxy groups -OCH3 is 2. The Kier molecular flexibility index (Phi) is 8.14. The van der Waals surface area contributed by atoms with Gasteiger partial charge in [0.25, 0.3) is 0 Å².